The Bertz CT molecular complexity index is 2060. The molecule has 0 radical (unpaired) electrons. The molecule has 6 saturated heterocycles. The summed E-state index contributed by atoms with van der Waals surface area (Å²) in [4.78, 5) is 13.9. The molecule has 0 N–H and O–H groups in total. The van der Waals surface area contributed by atoms with Gasteiger partial charge in [-0.25, -0.2) is 9.36 Å². The van der Waals surface area contributed by atoms with Crippen LogP contribution in [-0.2, 0) is 86.6 Å². The highest BCUT2D eigenvalue weighted by Crippen LogP contribution is 2.46. The summed E-state index contributed by atoms with van der Waals surface area (Å²) in [6.07, 6.45) is 3.20. The van der Waals surface area contributed by atoms with Gasteiger partial charge in [0.2, 0.25) is 0 Å². The monoisotopic (exact) mass is 888 g/mol. The average Bonchev–Trinajstić information content (AvgIpc) is 4.08. The lowest BCUT2D eigenvalue weighted by Crippen LogP contribution is -2.56. The van der Waals surface area contributed by atoms with Gasteiger partial charge in [-0.3, -0.25) is 19.8 Å². The maximum absolute atomic E-state index is 6.49. The van der Waals surface area contributed by atoms with E-state index < -0.39 is 60.1 Å². The highest BCUT2D eigenvalue weighted by atomic mass is 16.9. The van der Waals surface area contributed by atoms with Crippen molar-refractivity contribution in [1.29, 1.82) is 0 Å². The van der Waals surface area contributed by atoms with Crippen LogP contribution in [0.5, 0.6) is 0 Å². The number of ether oxygens (including phenoxy) is 10. The summed E-state index contributed by atoms with van der Waals surface area (Å²) in [6, 6.07) is 12.0. The van der Waals surface area contributed by atoms with E-state index in [2.05, 4.69) is 40.4 Å². The van der Waals surface area contributed by atoms with E-state index in [1.165, 1.54) is 0 Å². The summed E-state index contributed by atoms with van der Waals surface area (Å²) in [7, 11) is 0. The summed E-state index contributed by atoms with van der Waals surface area (Å²) in [5.74, 6) is -3.23. The molecule has 0 aromatic carbocycles. The maximum Gasteiger partial charge on any atom is 0.190 e. The molecule has 0 amide bonds. The molecule has 1 unspecified atom stereocenters. The molecule has 10 atom stereocenters. The minimum absolute atomic E-state index is 0.362. The largest absolute Gasteiger partial charge is 0.342 e. The molecule has 10 rings (SSSR count). The molecule has 0 bridgehead atoms. The van der Waals surface area contributed by atoms with Crippen LogP contribution in [0.25, 0.3) is 0 Å². The molecule has 0 spiro atoms. The van der Waals surface area contributed by atoms with Crippen molar-refractivity contribution in [1.82, 2.24) is 49.8 Å². The van der Waals surface area contributed by atoms with Crippen LogP contribution in [0.3, 0.4) is 0 Å². The van der Waals surface area contributed by atoms with E-state index >= 15 is 0 Å². The van der Waals surface area contributed by atoms with Crippen LogP contribution in [-0.4, -0.2) is 147 Å². The first-order valence-corrected chi connectivity index (χ1v) is 22.3. The van der Waals surface area contributed by atoms with Crippen LogP contribution in [0.2, 0.25) is 0 Å². The molecular formula is C44H60N10O10. The van der Waals surface area contributed by atoms with Gasteiger partial charge in [0.05, 0.1) is 35.9 Å². The number of hydrogen-bond acceptors (Lipinski definition) is 18. The van der Waals surface area contributed by atoms with Crippen LogP contribution < -0.4 is 0 Å². The Morgan fingerprint density at radius 3 is 1.25 bits per heavy atom. The third-order valence-electron chi connectivity index (χ3n) is 12.1. The second-order valence-corrected chi connectivity index (χ2v) is 19.3. The van der Waals surface area contributed by atoms with Gasteiger partial charge < -0.3 is 47.4 Å². The molecule has 64 heavy (non-hydrogen) atoms. The third-order valence-corrected chi connectivity index (χ3v) is 12.1. The van der Waals surface area contributed by atoms with Crippen LogP contribution in [0.1, 0.15) is 78.2 Å². The molecule has 20 nitrogen and oxygen atoms in total. The molecule has 346 valence electrons. The van der Waals surface area contributed by atoms with Crippen molar-refractivity contribution >= 4 is 0 Å². The van der Waals surface area contributed by atoms with Gasteiger partial charge in [-0.1, -0.05) is 22.6 Å². The number of aromatic nitrogens is 8. The van der Waals surface area contributed by atoms with Crippen LogP contribution in [0.4, 0.5) is 0 Å². The molecule has 20 heteroatoms. The van der Waals surface area contributed by atoms with Gasteiger partial charge in [-0.2, -0.15) is 0 Å². The molecule has 10 heterocycles. The van der Waals surface area contributed by atoms with E-state index in [-0.39, 0.29) is 24.4 Å². The standard InChI is InChI=1S/C44H60N10O10/c1-41(2)57-33-31(55-39-37(35(33)59-41)61-43(5,6)63-39)25-53-23-29(47-49-53)21-52(18-17-51(19-27-13-9-11-15-45-27)20-28-14-10-12-16-46-28)22-30-24-54(50-48-30)26-32-34-36(60-42(3,4)58-34)38-40(56-32)64-44(7,8)62-38/h9-16,23-24,31-40H,17-22,25-26H2,1-8H3/t31-,32-,33+,34+,35+,36+,37-,38?,39-,40-/m1/s1. The first kappa shape index (κ1) is 44.0. The number of hydrogen-bond donors (Lipinski definition) is 0. The van der Waals surface area contributed by atoms with E-state index in [0.29, 0.717) is 52.4 Å². The Balaban J connectivity index is 0.860. The number of pyridine rings is 2. The Labute approximate surface area is 372 Å². The number of rotatable bonds is 15. The third kappa shape index (κ3) is 9.79. The van der Waals surface area contributed by atoms with E-state index in [1.54, 1.807) is 9.36 Å². The molecule has 0 aliphatic carbocycles. The maximum atomic E-state index is 6.49. The van der Waals surface area contributed by atoms with E-state index in [1.807, 2.05) is 117 Å². The summed E-state index contributed by atoms with van der Waals surface area (Å²) in [6.45, 7) is 19.5. The smallest absolute Gasteiger partial charge is 0.190 e. The highest BCUT2D eigenvalue weighted by molar-refractivity contribution is 5.07. The minimum Gasteiger partial charge on any atom is -0.342 e. The second kappa shape index (κ2) is 17.1. The lowest BCUT2D eigenvalue weighted by molar-refractivity contribution is -0.237. The van der Waals surface area contributed by atoms with Gasteiger partial charge in [0.15, 0.2) is 35.7 Å². The lowest BCUT2D eigenvalue weighted by atomic mass is 9.99. The Morgan fingerprint density at radius 1 is 0.469 bits per heavy atom. The van der Waals surface area contributed by atoms with Crippen LogP contribution >= 0.6 is 0 Å². The normalized spacial score (nSPS) is 33.0. The second-order valence-electron chi connectivity index (χ2n) is 19.3. The van der Waals surface area contributed by atoms with Crippen molar-refractivity contribution in [2.24, 2.45) is 0 Å². The van der Waals surface area contributed by atoms with Crippen molar-refractivity contribution in [2.45, 2.75) is 179 Å². The van der Waals surface area contributed by atoms with Gasteiger partial charge in [-0.05, 0) is 79.7 Å². The zero-order valence-electron chi connectivity index (χ0n) is 37.8. The topological polar surface area (TPSA) is 186 Å². The fourth-order valence-electron chi connectivity index (χ4n) is 9.66. The van der Waals surface area contributed by atoms with Crippen LogP contribution in [0.15, 0.2) is 61.2 Å². The average molecular weight is 889 g/mol. The predicted octanol–water partition coefficient (Wildman–Crippen LogP) is 3.16. The van der Waals surface area contributed by atoms with Gasteiger partial charge in [0.25, 0.3) is 0 Å². The molecule has 0 saturated carbocycles. The Kier molecular flexibility index (Phi) is 11.7. The molecule has 6 aliphatic heterocycles. The quantitative estimate of drug-likeness (QED) is 0.169. The van der Waals surface area contributed by atoms with Crippen molar-refractivity contribution in [3.8, 4) is 0 Å². The summed E-state index contributed by atoms with van der Waals surface area (Å²) < 4.78 is 66.7. The number of nitrogens with zero attached hydrogens (tertiary/aromatic N) is 10. The van der Waals surface area contributed by atoms with Crippen molar-refractivity contribution in [3.63, 3.8) is 0 Å². The van der Waals surface area contributed by atoms with E-state index in [9.17, 15) is 0 Å². The molecule has 4 aromatic rings. The zero-order chi connectivity index (χ0) is 44.4. The SMILES string of the molecule is CC1(C)OC2[C@H](O[C@H](Cn3cc(CN(CCN(Cc4ccccn4)Cc4ccccn4)Cc4cn(C[C@H]5O[C@@H]6OC(C)(C)O[C@@H]6[C@H]6OC(C)(C)O[C@H]65)nn4)nn3)[C@@H]3OC(C)(C)O[C@H]23)O1. The minimum atomic E-state index is -0.810. The molecular weight excluding hydrogens is 829 g/mol. The van der Waals surface area contributed by atoms with Gasteiger partial charge in [0.1, 0.15) is 48.8 Å². The van der Waals surface area contributed by atoms with E-state index in [4.69, 9.17) is 47.4 Å². The fraction of sp³-hybridized carbons (Fsp3) is 0.682. The van der Waals surface area contributed by atoms with Gasteiger partial charge >= 0.3 is 0 Å². The first-order chi connectivity index (χ1) is 30.5. The Hall–Kier alpha value is -3.90. The van der Waals surface area contributed by atoms with Crippen molar-refractivity contribution < 1.29 is 47.4 Å². The Morgan fingerprint density at radius 2 is 0.844 bits per heavy atom. The predicted molar refractivity (Wildman–Crippen MR) is 222 cm³/mol. The summed E-state index contributed by atoms with van der Waals surface area (Å²) in [5, 5.41) is 18.4. The van der Waals surface area contributed by atoms with Gasteiger partial charge in [0, 0.05) is 64.1 Å². The highest BCUT2D eigenvalue weighted by Gasteiger charge is 2.62. The number of fused-ring (bicyclic) bond motifs is 6. The summed E-state index contributed by atoms with van der Waals surface area (Å²) >= 11 is 0. The fourth-order valence-corrected chi connectivity index (χ4v) is 9.66. The summed E-state index contributed by atoms with van der Waals surface area (Å²) in [5.41, 5.74) is 3.51. The van der Waals surface area contributed by atoms with E-state index in [0.717, 1.165) is 22.8 Å². The van der Waals surface area contributed by atoms with Crippen molar-refractivity contribution in [2.75, 3.05) is 13.1 Å². The lowest BCUT2D eigenvalue weighted by Gasteiger charge is -2.37. The molecule has 6 fully saturated rings. The molecule has 4 aromatic heterocycles. The zero-order valence-corrected chi connectivity index (χ0v) is 37.8. The first-order valence-electron chi connectivity index (χ1n) is 22.3. The van der Waals surface area contributed by atoms with Crippen LogP contribution in [0, 0.1) is 0 Å². The van der Waals surface area contributed by atoms with Gasteiger partial charge in [-0.15, -0.1) is 10.2 Å². The van der Waals surface area contributed by atoms with Crippen molar-refractivity contribution in [3.05, 3.63) is 84.0 Å². The molecule has 6 aliphatic rings.